The molecule has 1 amide bonds. The second-order valence-electron chi connectivity index (χ2n) is 7.20. The number of carbonyl (C=O) groups is 1. The number of nitrogens with zero attached hydrogens (tertiary/aromatic N) is 4. The number of aromatic nitrogens is 3. The Morgan fingerprint density at radius 3 is 2.89 bits per heavy atom. The van der Waals surface area contributed by atoms with Gasteiger partial charge in [0, 0.05) is 24.7 Å². The zero-order valence-electron chi connectivity index (χ0n) is 16.1. The summed E-state index contributed by atoms with van der Waals surface area (Å²) in [5.74, 6) is 0.192. The second-order valence-corrected chi connectivity index (χ2v) is 8.61. The molecule has 8 heteroatoms. The van der Waals surface area contributed by atoms with Crippen LogP contribution in [-0.4, -0.2) is 40.3 Å². The molecule has 1 atom stereocenters. The van der Waals surface area contributed by atoms with Gasteiger partial charge < -0.3 is 10.2 Å². The summed E-state index contributed by atoms with van der Waals surface area (Å²) < 4.78 is 2.96. The molecule has 28 heavy (non-hydrogen) atoms. The maximum absolute atomic E-state index is 12.4. The molecule has 1 aliphatic heterocycles. The van der Waals surface area contributed by atoms with Crippen molar-refractivity contribution in [1.29, 1.82) is 0 Å². The number of nitrogens with one attached hydrogen (secondary N) is 1. The third-order valence-corrected chi connectivity index (χ3v) is 6.53. The minimum absolute atomic E-state index is 0.0289. The predicted molar refractivity (Wildman–Crippen MR) is 115 cm³/mol. The van der Waals surface area contributed by atoms with E-state index in [4.69, 9.17) is 16.6 Å². The van der Waals surface area contributed by atoms with E-state index in [-0.39, 0.29) is 11.8 Å². The molecule has 1 aromatic carbocycles. The molecule has 0 saturated carbocycles. The Balaban J connectivity index is 1.60. The Morgan fingerprint density at radius 1 is 1.36 bits per heavy atom. The lowest BCUT2D eigenvalue weighted by Gasteiger charge is -2.31. The molecule has 0 bridgehead atoms. The number of fused-ring (bicyclic) bond motifs is 1. The summed E-state index contributed by atoms with van der Waals surface area (Å²) >= 11 is 7.67. The molecule has 4 rings (SSSR count). The zero-order chi connectivity index (χ0) is 19.7. The summed E-state index contributed by atoms with van der Waals surface area (Å²) in [6.45, 7) is 6.47. The molecular weight excluding hydrogens is 394 g/mol. The van der Waals surface area contributed by atoms with Gasteiger partial charge in [-0.05, 0) is 50.5 Å². The Hall–Kier alpha value is -2.12. The first-order chi connectivity index (χ1) is 13.6. The number of thiazole rings is 1. The summed E-state index contributed by atoms with van der Waals surface area (Å²) in [6, 6.07) is 7.61. The number of hydrogen-bond donors (Lipinski definition) is 1. The van der Waals surface area contributed by atoms with Crippen molar-refractivity contribution in [2.45, 2.75) is 33.1 Å². The molecule has 2 aromatic heterocycles. The molecule has 1 N–H and O–H groups in total. The third-order valence-electron chi connectivity index (χ3n) is 5.06. The van der Waals surface area contributed by atoms with Crippen LogP contribution in [0.15, 0.2) is 24.3 Å². The van der Waals surface area contributed by atoms with Crippen LogP contribution in [0.3, 0.4) is 0 Å². The van der Waals surface area contributed by atoms with Crippen molar-refractivity contribution >= 4 is 44.3 Å². The van der Waals surface area contributed by atoms with Crippen LogP contribution in [0.25, 0.3) is 16.0 Å². The van der Waals surface area contributed by atoms with Crippen molar-refractivity contribution < 1.29 is 4.79 Å². The quantitative estimate of drug-likeness (QED) is 0.676. The molecule has 1 saturated heterocycles. The molecule has 0 aliphatic carbocycles. The SMILES string of the molecule is CCCNC(=O)[C@H]1CCCN(c2nc3c(s2)c(C)nn3-c2ccc(Cl)cc2)C1. The van der Waals surface area contributed by atoms with Crippen molar-refractivity contribution in [2.75, 3.05) is 24.5 Å². The van der Waals surface area contributed by atoms with E-state index in [9.17, 15) is 4.79 Å². The molecule has 0 spiro atoms. The molecule has 148 valence electrons. The van der Waals surface area contributed by atoms with Crippen LogP contribution in [-0.2, 0) is 4.79 Å². The topological polar surface area (TPSA) is 63.1 Å². The maximum atomic E-state index is 12.4. The lowest BCUT2D eigenvalue weighted by molar-refractivity contribution is -0.125. The first kappa shape index (κ1) is 19.2. The molecule has 0 unspecified atom stereocenters. The second kappa shape index (κ2) is 8.09. The van der Waals surface area contributed by atoms with E-state index in [0.717, 1.165) is 65.8 Å². The van der Waals surface area contributed by atoms with Crippen molar-refractivity contribution in [2.24, 2.45) is 5.92 Å². The summed E-state index contributed by atoms with van der Waals surface area (Å²) in [5.41, 5.74) is 2.76. The van der Waals surface area contributed by atoms with Crippen molar-refractivity contribution in [3.63, 3.8) is 0 Å². The van der Waals surface area contributed by atoms with Gasteiger partial charge in [-0.25, -0.2) is 4.68 Å². The van der Waals surface area contributed by atoms with E-state index in [1.807, 2.05) is 35.9 Å². The largest absolute Gasteiger partial charge is 0.356 e. The molecule has 1 fully saturated rings. The van der Waals surface area contributed by atoms with E-state index >= 15 is 0 Å². The Bertz CT molecular complexity index is 981. The first-order valence-electron chi connectivity index (χ1n) is 9.71. The van der Waals surface area contributed by atoms with Gasteiger partial charge in [0.15, 0.2) is 10.8 Å². The molecular formula is C20H24ClN5OS. The van der Waals surface area contributed by atoms with Crippen molar-refractivity contribution in [3.8, 4) is 5.69 Å². The van der Waals surface area contributed by atoms with Crippen LogP contribution < -0.4 is 10.2 Å². The minimum atomic E-state index is 0.0289. The van der Waals surface area contributed by atoms with Gasteiger partial charge in [0.05, 0.1) is 22.0 Å². The van der Waals surface area contributed by atoms with E-state index < -0.39 is 0 Å². The van der Waals surface area contributed by atoms with Crippen LogP contribution in [0, 0.1) is 12.8 Å². The summed E-state index contributed by atoms with van der Waals surface area (Å²) in [5, 5.41) is 9.35. The highest BCUT2D eigenvalue weighted by atomic mass is 35.5. The molecule has 6 nitrogen and oxygen atoms in total. The standard InChI is InChI=1S/C20H24ClN5OS/c1-3-10-22-19(27)14-5-4-11-25(12-14)20-23-18-17(28-20)13(2)24-26(18)16-8-6-15(21)7-9-16/h6-9,14H,3-5,10-12H2,1-2H3,(H,22,27)/t14-/m0/s1. The number of rotatable bonds is 5. The van der Waals surface area contributed by atoms with E-state index in [0.29, 0.717) is 5.02 Å². The van der Waals surface area contributed by atoms with E-state index in [2.05, 4.69) is 22.2 Å². The third kappa shape index (κ3) is 3.73. The van der Waals surface area contributed by atoms with Gasteiger partial charge in [0.2, 0.25) is 5.91 Å². The summed E-state index contributed by atoms with van der Waals surface area (Å²) in [6.07, 6.45) is 2.90. The van der Waals surface area contributed by atoms with Gasteiger partial charge in [0.1, 0.15) is 0 Å². The normalized spacial score (nSPS) is 17.2. The van der Waals surface area contributed by atoms with Crippen LogP contribution in [0.1, 0.15) is 31.9 Å². The number of piperidine rings is 1. The van der Waals surface area contributed by atoms with Gasteiger partial charge in [-0.3, -0.25) is 4.79 Å². The zero-order valence-corrected chi connectivity index (χ0v) is 17.7. The van der Waals surface area contributed by atoms with Crippen LogP contribution in [0.4, 0.5) is 5.13 Å². The van der Waals surface area contributed by atoms with Crippen LogP contribution in [0.5, 0.6) is 0 Å². The van der Waals surface area contributed by atoms with Gasteiger partial charge >= 0.3 is 0 Å². The molecule has 3 heterocycles. The fourth-order valence-electron chi connectivity index (χ4n) is 3.58. The fourth-order valence-corrected chi connectivity index (χ4v) is 4.73. The van der Waals surface area contributed by atoms with Gasteiger partial charge in [0.25, 0.3) is 0 Å². The first-order valence-corrected chi connectivity index (χ1v) is 10.9. The lowest BCUT2D eigenvalue weighted by atomic mass is 9.97. The van der Waals surface area contributed by atoms with Crippen molar-refractivity contribution in [1.82, 2.24) is 20.1 Å². The number of amides is 1. The van der Waals surface area contributed by atoms with E-state index in [1.165, 1.54) is 0 Å². The molecule has 3 aromatic rings. The van der Waals surface area contributed by atoms with Gasteiger partial charge in [-0.2, -0.15) is 10.1 Å². The van der Waals surface area contributed by atoms with Gasteiger partial charge in [-0.15, -0.1) is 0 Å². The van der Waals surface area contributed by atoms with E-state index in [1.54, 1.807) is 11.3 Å². The number of anilines is 1. The maximum Gasteiger partial charge on any atom is 0.224 e. The minimum Gasteiger partial charge on any atom is -0.356 e. The Labute approximate surface area is 173 Å². The fraction of sp³-hybridized carbons (Fsp3) is 0.450. The average Bonchev–Trinajstić information content (AvgIpc) is 3.28. The molecule has 0 radical (unpaired) electrons. The number of benzene rings is 1. The number of carbonyl (C=O) groups excluding carboxylic acids is 1. The van der Waals surface area contributed by atoms with Gasteiger partial charge in [-0.1, -0.05) is 29.9 Å². The number of aryl methyl sites for hydroxylation is 1. The number of hydrogen-bond acceptors (Lipinski definition) is 5. The lowest BCUT2D eigenvalue weighted by Crippen LogP contribution is -2.43. The summed E-state index contributed by atoms with van der Waals surface area (Å²) in [7, 11) is 0. The monoisotopic (exact) mass is 417 g/mol. The highest BCUT2D eigenvalue weighted by Gasteiger charge is 2.28. The Kier molecular flexibility index (Phi) is 5.55. The molecule has 1 aliphatic rings. The highest BCUT2D eigenvalue weighted by molar-refractivity contribution is 7.22. The summed E-state index contributed by atoms with van der Waals surface area (Å²) in [4.78, 5) is 19.5. The van der Waals surface area contributed by atoms with Crippen LogP contribution >= 0.6 is 22.9 Å². The Morgan fingerprint density at radius 2 is 2.14 bits per heavy atom. The predicted octanol–water partition coefficient (Wildman–Crippen LogP) is 4.19. The average molecular weight is 418 g/mol. The smallest absolute Gasteiger partial charge is 0.224 e. The number of halogens is 1. The highest BCUT2D eigenvalue weighted by Crippen LogP contribution is 2.34. The van der Waals surface area contributed by atoms with Crippen LogP contribution in [0.2, 0.25) is 5.02 Å². The van der Waals surface area contributed by atoms with Crippen molar-refractivity contribution in [3.05, 3.63) is 35.0 Å².